The lowest BCUT2D eigenvalue weighted by atomic mass is 9.69. The van der Waals surface area contributed by atoms with Crippen LogP contribution in [0.4, 0.5) is 5.69 Å². The van der Waals surface area contributed by atoms with Crippen LogP contribution in [0.2, 0.25) is 5.02 Å². The largest absolute Gasteiger partial charge is 0.351 e. The van der Waals surface area contributed by atoms with Gasteiger partial charge in [-0.1, -0.05) is 72.3 Å². The maximum Gasteiger partial charge on any atom is 0.185 e. The number of hydrogen-bond donors (Lipinski definition) is 0. The first-order valence-corrected chi connectivity index (χ1v) is 10.7. The molecule has 0 N–H and O–H groups in total. The number of fused-ring (bicyclic) bond motifs is 3. The maximum atomic E-state index is 14.0. The zero-order valence-corrected chi connectivity index (χ0v) is 17.8. The summed E-state index contributed by atoms with van der Waals surface area (Å²) in [6.07, 6.45) is 3.83. The summed E-state index contributed by atoms with van der Waals surface area (Å²) in [6.45, 7) is 0. The van der Waals surface area contributed by atoms with Gasteiger partial charge < -0.3 is 4.90 Å². The van der Waals surface area contributed by atoms with E-state index in [9.17, 15) is 15.3 Å². The predicted octanol–water partition coefficient (Wildman–Crippen LogP) is 5.62. The topological polar surface area (TPSA) is 67.9 Å². The van der Waals surface area contributed by atoms with Gasteiger partial charge in [-0.15, -0.1) is 0 Å². The Morgan fingerprint density at radius 1 is 0.906 bits per heavy atom. The van der Waals surface area contributed by atoms with Crippen LogP contribution in [-0.2, 0) is 0 Å². The lowest BCUT2D eigenvalue weighted by molar-refractivity contribution is 0.0951. The van der Waals surface area contributed by atoms with Gasteiger partial charge in [0.25, 0.3) is 0 Å². The number of ketones is 1. The molecule has 0 radical (unpaired) electrons. The standard InChI is InChI=1S/C27H18ClN3O/c28-21-13-10-20(11-14-21)26(32)25-24(19-7-2-1-3-8-19)27(16-29,17-30)23-15-12-18-6-4-5-9-22(18)31(23)25/h1-15,23-25H/t23-,24+,25-/m1/s1. The second kappa shape index (κ2) is 7.68. The van der Waals surface area contributed by atoms with Crippen LogP contribution in [0.1, 0.15) is 27.4 Å². The van der Waals surface area contributed by atoms with Gasteiger partial charge in [-0.3, -0.25) is 4.79 Å². The third kappa shape index (κ3) is 2.85. The molecule has 2 aliphatic rings. The van der Waals surface area contributed by atoms with E-state index in [0.717, 1.165) is 16.8 Å². The lowest BCUT2D eigenvalue weighted by Crippen LogP contribution is -2.44. The van der Waals surface area contributed by atoms with Crippen molar-refractivity contribution in [1.82, 2.24) is 0 Å². The fourth-order valence-electron chi connectivity index (χ4n) is 5.05. The number of para-hydroxylation sites is 1. The van der Waals surface area contributed by atoms with Crippen molar-refractivity contribution in [2.24, 2.45) is 5.41 Å². The van der Waals surface area contributed by atoms with Crippen LogP contribution in [0, 0.1) is 28.1 Å². The molecule has 0 spiro atoms. The molecule has 0 amide bonds. The highest BCUT2D eigenvalue weighted by atomic mass is 35.5. The Labute approximate surface area is 191 Å². The van der Waals surface area contributed by atoms with E-state index in [-0.39, 0.29) is 5.78 Å². The van der Waals surface area contributed by atoms with Gasteiger partial charge in [0.15, 0.2) is 11.2 Å². The van der Waals surface area contributed by atoms with Crippen LogP contribution in [0.5, 0.6) is 0 Å². The minimum Gasteiger partial charge on any atom is -0.351 e. The summed E-state index contributed by atoms with van der Waals surface area (Å²) in [7, 11) is 0. The van der Waals surface area contributed by atoms with E-state index in [0.29, 0.717) is 10.6 Å². The molecule has 32 heavy (non-hydrogen) atoms. The van der Waals surface area contributed by atoms with Gasteiger partial charge in [-0.25, -0.2) is 0 Å². The molecule has 0 saturated carbocycles. The molecule has 154 valence electrons. The molecule has 0 aromatic heterocycles. The van der Waals surface area contributed by atoms with E-state index in [2.05, 4.69) is 12.1 Å². The highest BCUT2D eigenvalue weighted by Gasteiger charge is 2.63. The average molecular weight is 436 g/mol. The third-order valence-corrected chi connectivity index (χ3v) is 6.72. The van der Waals surface area contributed by atoms with Crippen LogP contribution >= 0.6 is 11.6 Å². The monoisotopic (exact) mass is 435 g/mol. The molecular weight excluding hydrogens is 418 g/mol. The molecule has 1 fully saturated rings. The highest BCUT2D eigenvalue weighted by Crippen LogP contribution is 2.55. The average Bonchev–Trinajstić information content (AvgIpc) is 3.15. The normalized spacial score (nSPS) is 22.3. The van der Waals surface area contributed by atoms with E-state index < -0.39 is 23.4 Å². The lowest BCUT2D eigenvalue weighted by Gasteiger charge is -2.35. The minimum absolute atomic E-state index is 0.141. The van der Waals surface area contributed by atoms with Gasteiger partial charge in [-0.2, -0.15) is 10.5 Å². The smallest absolute Gasteiger partial charge is 0.185 e. The molecule has 3 aromatic rings. The summed E-state index contributed by atoms with van der Waals surface area (Å²) in [6, 6.07) is 27.3. The quantitative estimate of drug-likeness (QED) is 0.500. The molecule has 3 aromatic carbocycles. The van der Waals surface area contributed by atoms with Crippen LogP contribution < -0.4 is 4.90 Å². The van der Waals surface area contributed by atoms with Gasteiger partial charge in [0.05, 0.1) is 18.2 Å². The van der Waals surface area contributed by atoms with Gasteiger partial charge in [0, 0.05) is 22.2 Å². The Bertz CT molecular complexity index is 1290. The van der Waals surface area contributed by atoms with Gasteiger partial charge in [-0.05, 0) is 41.5 Å². The number of hydrogen-bond acceptors (Lipinski definition) is 4. The molecule has 5 rings (SSSR count). The Kier molecular flexibility index (Phi) is 4.82. The number of carbonyl (C=O) groups excluding carboxylic acids is 1. The Morgan fingerprint density at radius 3 is 2.25 bits per heavy atom. The van der Waals surface area contributed by atoms with Crippen molar-refractivity contribution in [2.75, 3.05) is 4.90 Å². The first-order chi connectivity index (χ1) is 15.6. The van der Waals surface area contributed by atoms with Crippen LogP contribution in [0.3, 0.4) is 0 Å². The number of anilines is 1. The van der Waals surface area contributed by atoms with Gasteiger partial charge in [0.1, 0.15) is 6.04 Å². The number of nitriles is 2. The van der Waals surface area contributed by atoms with E-state index in [1.807, 2.05) is 71.6 Å². The van der Waals surface area contributed by atoms with Crippen molar-refractivity contribution >= 4 is 29.1 Å². The van der Waals surface area contributed by atoms with Crippen LogP contribution in [-0.4, -0.2) is 17.9 Å². The highest BCUT2D eigenvalue weighted by molar-refractivity contribution is 6.30. The van der Waals surface area contributed by atoms with Crippen molar-refractivity contribution in [1.29, 1.82) is 10.5 Å². The third-order valence-electron chi connectivity index (χ3n) is 6.47. The molecule has 4 nitrogen and oxygen atoms in total. The molecule has 1 saturated heterocycles. The maximum absolute atomic E-state index is 14.0. The molecule has 5 heteroatoms. The fraction of sp³-hybridized carbons (Fsp3) is 0.148. The summed E-state index contributed by atoms with van der Waals surface area (Å²) in [4.78, 5) is 16.0. The number of rotatable bonds is 3. The Hall–Kier alpha value is -3.86. The molecule has 2 aliphatic heterocycles. The number of halogens is 1. The number of Topliss-reactive ketones (excluding diaryl/α,β-unsaturated/α-hetero) is 1. The van der Waals surface area contributed by atoms with Crippen molar-refractivity contribution in [3.63, 3.8) is 0 Å². The number of benzene rings is 3. The van der Waals surface area contributed by atoms with E-state index >= 15 is 0 Å². The molecule has 0 aliphatic carbocycles. The molecule has 3 atom stereocenters. The number of nitrogens with zero attached hydrogens (tertiary/aromatic N) is 3. The van der Waals surface area contributed by atoms with Crippen LogP contribution in [0.25, 0.3) is 6.08 Å². The fourth-order valence-corrected chi connectivity index (χ4v) is 5.18. The molecule has 2 heterocycles. The van der Waals surface area contributed by atoms with Gasteiger partial charge >= 0.3 is 0 Å². The number of carbonyl (C=O) groups is 1. The van der Waals surface area contributed by atoms with Crippen LogP contribution in [0.15, 0.2) is 84.9 Å². The van der Waals surface area contributed by atoms with E-state index in [1.54, 1.807) is 24.3 Å². The van der Waals surface area contributed by atoms with E-state index in [4.69, 9.17) is 11.6 Å². The van der Waals surface area contributed by atoms with Gasteiger partial charge in [0.2, 0.25) is 0 Å². The molecular formula is C27H18ClN3O. The second-order valence-corrected chi connectivity index (χ2v) is 8.50. The Balaban J connectivity index is 1.78. The Morgan fingerprint density at radius 2 is 1.56 bits per heavy atom. The van der Waals surface area contributed by atoms with Crippen molar-refractivity contribution < 1.29 is 4.79 Å². The van der Waals surface area contributed by atoms with Crippen molar-refractivity contribution in [2.45, 2.75) is 18.0 Å². The molecule has 0 bridgehead atoms. The summed E-state index contributed by atoms with van der Waals surface area (Å²) in [5, 5.41) is 21.3. The van der Waals surface area contributed by atoms with E-state index in [1.165, 1.54) is 0 Å². The SMILES string of the molecule is N#CC1(C#N)[C@@H](c2ccccc2)[C@H](C(=O)c2ccc(Cl)cc2)N2c3ccccc3C=C[C@@H]21. The summed E-state index contributed by atoms with van der Waals surface area (Å²) in [5.41, 5.74) is 1.66. The first kappa shape index (κ1) is 20.1. The summed E-state index contributed by atoms with van der Waals surface area (Å²) >= 11 is 6.05. The second-order valence-electron chi connectivity index (χ2n) is 8.07. The minimum atomic E-state index is -1.43. The zero-order valence-electron chi connectivity index (χ0n) is 17.0. The first-order valence-electron chi connectivity index (χ1n) is 10.3. The summed E-state index contributed by atoms with van der Waals surface area (Å²) in [5.74, 6) is -0.777. The predicted molar refractivity (Wildman–Crippen MR) is 124 cm³/mol. The molecule has 0 unspecified atom stereocenters. The zero-order chi connectivity index (χ0) is 22.3. The summed E-state index contributed by atoms with van der Waals surface area (Å²) < 4.78 is 0. The van der Waals surface area contributed by atoms with Crippen molar-refractivity contribution in [3.8, 4) is 12.1 Å². The van der Waals surface area contributed by atoms with Crippen molar-refractivity contribution in [3.05, 3.63) is 107 Å².